The molecule has 1 aliphatic rings. The zero-order chi connectivity index (χ0) is 14.4. The summed E-state index contributed by atoms with van der Waals surface area (Å²) in [5.41, 5.74) is 7.14. The molecule has 2 unspecified atom stereocenters. The molecule has 0 spiro atoms. The Balaban J connectivity index is 0.00000220. The molecule has 0 aromatic heterocycles. The second-order valence-corrected chi connectivity index (χ2v) is 5.74. The summed E-state index contributed by atoms with van der Waals surface area (Å²) in [4.78, 5) is 6.48. The molecule has 0 aliphatic carbocycles. The molecular formula is C16H26IN3O. The van der Waals surface area contributed by atoms with Crippen molar-refractivity contribution in [1.82, 2.24) is 4.90 Å². The lowest BCUT2D eigenvalue weighted by molar-refractivity contribution is 0.183. The minimum absolute atomic E-state index is 0. The second kappa shape index (κ2) is 9.25. The summed E-state index contributed by atoms with van der Waals surface area (Å²) >= 11 is 0. The lowest BCUT2D eigenvalue weighted by Gasteiger charge is -2.31. The number of hydrogen-bond acceptors (Lipinski definition) is 2. The monoisotopic (exact) mass is 403 g/mol. The van der Waals surface area contributed by atoms with Gasteiger partial charge in [-0.05, 0) is 24.3 Å². The van der Waals surface area contributed by atoms with Gasteiger partial charge in [0.2, 0.25) is 0 Å². The van der Waals surface area contributed by atoms with E-state index in [-0.39, 0.29) is 24.0 Å². The number of benzene rings is 1. The minimum Gasteiger partial charge on any atom is -0.391 e. The highest BCUT2D eigenvalue weighted by molar-refractivity contribution is 14.0. The molecule has 0 saturated carbocycles. The van der Waals surface area contributed by atoms with Gasteiger partial charge in [0.15, 0.2) is 5.96 Å². The van der Waals surface area contributed by atoms with Crippen LogP contribution in [0.5, 0.6) is 0 Å². The number of halogens is 1. The Hall–Kier alpha value is -0.820. The summed E-state index contributed by atoms with van der Waals surface area (Å²) in [5, 5.41) is 10.0. The molecule has 1 fully saturated rings. The van der Waals surface area contributed by atoms with E-state index in [0.717, 1.165) is 18.7 Å². The predicted octanol–water partition coefficient (Wildman–Crippen LogP) is 2.25. The van der Waals surface area contributed by atoms with Crippen LogP contribution in [0, 0.1) is 5.92 Å². The number of likely N-dealkylation sites (tertiary alicyclic amines) is 1. The summed E-state index contributed by atoms with van der Waals surface area (Å²) in [6, 6.07) is 9.97. The first-order valence-electron chi connectivity index (χ1n) is 7.42. The fraction of sp³-hybridized carbons (Fsp3) is 0.562. The number of guanidine groups is 1. The number of aliphatic hydroxyl groups excluding tert-OH is 1. The Morgan fingerprint density at radius 1 is 1.43 bits per heavy atom. The summed E-state index contributed by atoms with van der Waals surface area (Å²) in [5.74, 6) is 1.25. The van der Waals surface area contributed by atoms with Gasteiger partial charge in [0.1, 0.15) is 0 Å². The van der Waals surface area contributed by atoms with Crippen LogP contribution in [0.4, 0.5) is 0 Å². The number of nitrogens with zero attached hydrogens (tertiary/aromatic N) is 2. The molecule has 118 valence electrons. The zero-order valence-corrected chi connectivity index (χ0v) is 14.9. The van der Waals surface area contributed by atoms with E-state index in [0.29, 0.717) is 24.8 Å². The lowest BCUT2D eigenvalue weighted by Crippen LogP contribution is -2.43. The van der Waals surface area contributed by atoms with E-state index >= 15 is 0 Å². The highest BCUT2D eigenvalue weighted by Gasteiger charge is 2.17. The van der Waals surface area contributed by atoms with Crippen molar-refractivity contribution in [2.24, 2.45) is 16.6 Å². The molecular weight excluding hydrogens is 377 g/mol. The normalized spacial score (nSPS) is 20.8. The summed E-state index contributed by atoms with van der Waals surface area (Å²) in [6.45, 7) is 4.56. The molecule has 1 aliphatic heterocycles. The molecule has 1 aromatic carbocycles. The van der Waals surface area contributed by atoms with Crippen LogP contribution in [-0.4, -0.2) is 41.7 Å². The maximum Gasteiger partial charge on any atom is 0.191 e. The van der Waals surface area contributed by atoms with E-state index < -0.39 is 6.10 Å². The minimum atomic E-state index is -0.474. The first kappa shape index (κ1) is 18.2. The van der Waals surface area contributed by atoms with Gasteiger partial charge >= 0.3 is 0 Å². The molecule has 5 heteroatoms. The van der Waals surface area contributed by atoms with E-state index in [2.05, 4.69) is 16.8 Å². The number of piperidine rings is 1. The van der Waals surface area contributed by atoms with Crippen LogP contribution in [0.1, 0.15) is 25.3 Å². The second-order valence-electron chi connectivity index (χ2n) is 5.74. The number of hydrogen-bond donors (Lipinski definition) is 2. The molecule has 3 N–H and O–H groups in total. The third kappa shape index (κ3) is 6.22. The Morgan fingerprint density at radius 2 is 2.14 bits per heavy atom. The van der Waals surface area contributed by atoms with Gasteiger partial charge in [0.25, 0.3) is 0 Å². The van der Waals surface area contributed by atoms with Crippen LogP contribution < -0.4 is 5.73 Å². The van der Waals surface area contributed by atoms with Crippen LogP contribution >= 0.6 is 24.0 Å². The van der Waals surface area contributed by atoms with Crippen molar-refractivity contribution in [1.29, 1.82) is 0 Å². The first-order chi connectivity index (χ1) is 9.65. The third-order valence-corrected chi connectivity index (χ3v) is 3.76. The third-order valence-electron chi connectivity index (χ3n) is 3.76. The van der Waals surface area contributed by atoms with Crippen molar-refractivity contribution in [3.05, 3.63) is 35.9 Å². The molecule has 0 bridgehead atoms. The zero-order valence-electron chi connectivity index (χ0n) is 12.6. The predicted molar refractivity (Wildman–Crippen MR) is 98.0 cm³/mol. The van der Waals surface area contributed by atoms with Crippen LogP contribution in [0.25, 0.3) is 0 Å². The van der Waals surface area contributed by atoms with Crippen LogP contribution in [-0.2, 0) is 6.42 Å². The highest BCUT2D eigenvalue weighted by Crippen LogP contribution is 2.14. The Morgan fingerprint density at radius 3 is 2.81 bits per heavy atom. The van der Waals surface area contributed by atoms with Crippen LogP contribution in [0.3, 0.4) is 0 Å². The molecule has 1 saturated heterocycles. The van der Waals surface area contributed by atoms with E-state index in [1.54, 1.807) is 0 Å². The fourth-order valence-electron chi connectivity index (χ4n) is 2.65. The molecule has 1 heterocycles. The van der Waals surface area contributed by atoms with Crippen molar-refractivity contribution in [2.45, 2.75) is 32.3 Å². The number of nitrogens with two attached hydrogens (primary N) is 1. The maximum absolute atomic E-state index is 10.0. The van der Waals surface area contributed by atoms with Crippen molar-refractivity contribution >= 4 is 29.9 Å². The lowest BCUT2D eigenvalue weighted by atomic mass is 10.0. The summed E-state index contributed by atoms with van der Waals surface area (Å²) in [6.07, 6.45) is 2.58. The molecule has 2 atom stereocenters. The SMILES string of the molecule is CC1CCCN(C(N)=NCC(O)Cc2ccccc2)C1.I. The van der Waals surface area contributed by atoms with E-state index in [1.165, 1.54) is 12.8 Å². The van der Waals surface area contributed by atoms with Gasteiger partial charge < -0.3 is 15.7 Å². The number of aliphatic hydroxyl groups is 1. The molecule has 4 nitrogen and oxygen atoms in total. The summed E-state index contributed by atoms with van der Waals surface area (Å²) < 4.78 is 0. The molecule has 0 amide bonds. The Bertz CT molecular complexity index is 438. The number of rotatable bonds is 4. The molecule has 21 heavy (non-hydrogen) atoms. The quantitative estimate of drug-likeness (QED) is 0.461. The topological polar surface area (TPSA) is 61.8 Å². The van der Waals surface area contributed by atoms with E-state index in [1.807, 2.05) is 30.3 Å². The standard InChI is InChI=1S/C16H25N3O.HI/c1-13-6-5-9-19(12-13)16(17)18-11-15(20)10-14-7-3-2-4-8-14;/h2-4,7-8,13,15,20H,5-6,9-12H2,1H3,(H2,17,18);1H. The van der Waals surface area contributed by atoms with Gasteiger partial charge in [0, 0.05) is 19.5 Å². The van der Waals surface area contributed by atoms with Gasteiger partial charge in [0.05, 0.1) is 12.6 Å². The van der Waals surface area contributed by atoms with Gasteiger partial charge in [-0.3, -0.25) is 4.99 Å². The van der Waals surface area contributed by atoms with Crippen molar-refractivity contribution in [3.8, 4) is 0 Å². The van der Waals surface area contributed by atoms with Crippen molar-refractivity contribution in [3.63, 3.8) is 0 Å². The average molecular weight is 403 g/mol. The van der Waals surface area contributed by atoms with Crippen molar-refractivity contribution < 1.29 is 5.11 Å². The Kier molecular flexibility index (Phi) is 8.03. The van der Waals surface area contributed by atoms with E-state index in [9.17, 15) is 5.11 Å². The van der Waals surface area contributed by atoms with Gasteiger partial charge in [-0.1, -0.05) is 37.3 Å². The fourth-order valence-corrected chi connectivity index (χ4v) is 2.65. The molecule has 0 radical (unpaired) electrons. The Labute approximate surface area is 144 Å². The van der Waals surface area contributed by atoms with Crippen LogP contribution in [0.2, 0.25) is 0 Å². The number of aliphatic imine (C=N–C) groups is 1. The van der Waals surface area contributed by atoms with Gasteiger partial charge in [-0.15, -0.1) is 24.0 Å². The van der Waals surface area contributed by atoms with Gasteiger partial charge in [-0.2, -0.15) is 0 Å². The molecule has 1 aromatic rings. The van der Waals surface area contributed by atoms with E-state index in [4.69, 9.17) is 5.73 Å². The smallest absolute Gasteiger partial charge is 0.191 e. The van der Waals surface area contributed by atoms with Crippen LogP contribution in [0.15, 0.2) is 35.3 Å². The average Bonchev–Trinajstić information content (AvgIpc) is 2.46. The highest BCUT2D eigenvalue weighted by atomic mass is 127. The van der Waals surface area contributed by atoms with Crippen molar-refractivity contribution in [2.75, 3.05) is 19.6 Å². The summed E-state index contributed by atoms with van der Waals surface area (Å²) in [7, 11) is 0. The molecule has 2 rings (SSSR count). The largest absolute Gasteiger partial charge is 0.391 e. The maximum atomic E-state index is 10.0. The first-order valence-corrected chi connectivity index (χ1v) is 7.42. The van der Waals surface area contributed by atoms with Gasteiger partial charge in [-0.25, -0.2) is 0 Å².